The molecule has 7 nitrogen and oxygen atoms in total. The monoisotopic (exact) mass is 355 g/mol. The van der Waals surface area contributed by atoms with Crippen molar-refractivity contribution in [3.8, 4) is 0 Å². The van der Waals surface area contributed by atoms with Crippen LogP contribution in [0.1, 0.15) is 29.3 Å². The van der Waals surface area contributed by atoms with E-state index in [9.17, 15) is 14.4 Å². The summed E-state index contributed by atoms with van der Waals surface area (Å²) in [5.74, 6) is -0.887. The highest BCUT2D eigenvalue weighted by Crippen LogP contribution is 2.15. The standard InChI is InChI=1S/C19H21N3O4/c1-13(20-18(24)15-8-10-26-12-15)17(23)21-16-7-9-22(19(16)25)11-14-5-3-2-4-6-14/h2-6,8,10,12-13,16H,7,9,11H2,1H3,(H,20,24)(H,21,23). The zero-order valence-electron chi connectivity index (χ0n) is 14.5. The number of nitrogens with zero attached hydrogens (tertiary/aromatic N) is 1. The van der Waals surface area contributed by atoms with Crippen LogP contribution in [0.3, 0.4) is 0 Å². The molecule has 1 fully saturated rings. The number of nitrogens with one attached hydrogen (secondary N) is 2. The average Bonchev–Trinajstić information content (AvgIpc) is 3.28. The molecule has 1 aromatic carbocycles. The van der Waals surface area contributed by atoms with Crippen molar-refractivity contribution in [2.75, 3.05) is 6.54 Å². The number of hydrogen-bond acceptors (Lipinski definition) is 4. The van der Waals surface area contributed by atoms with E-state index in [2.05, 4.69) is 10.6 Å². The predicted octanol–water partition coefficient (Wildman–Crippen LogP) is 1.32. The van der Waals surface area contributed by atoms with Gasteiger partial charge in [-0.25, -0.2) is 0 Å². The molecule has 2 aromatic rings. The smallest absolute Gasteiger partial charge is 0.255 e. The van der Waals surface area contributed by atoms with Gasteiger partial charge in [0.1, 0.15) is 18.3 Å². The van der Waals surface area contributed by atoms with Gasteiger partial charge in [0.2, 0.25) is 11.8 Å². The minimum Gasteiger partial charge on any atom is -0.472 e. The first-order valence-electron chi connectivity index (χ1n) is 8.51. The Kier molecular flexibility index (Phi) is 5.36. The summed E-state index contributed by atoms with van der Waals surface area (Å²) >= 11 is 0. The molecule has 1 aliphatic heterocycles. The van der Waals surface area contributed by atoms with E-state index in [1.54, 1.807) is 11.8 Å². The molecule has 0 aliphatic carbocycles. The van der Waals surface area contributed by atoms with Crippen molar-refractivity contribution in [2.24, 2.45) is 0 Å². The van der Waals surface area contributed by atoms with E-state index in [0.717, 1.165) is 5.56 Å². The Morgan fingerprint density at radius 3 is 2.73 bits per heavy atom. The van der Waals surface area contributed by atoms with Crippen LogP contribution in [0.2, 0.25) is 0 Å². The number of hydrogen-bond donors (Lipinski definition) is 2. The number of likely N-dealkylation sites (tertiary alicyclic amines) is 1. The highest BCUT2D eigenvalue weighted by molar-refractivity contribution is 5.98. The van der Waals surface area contributed by atoms with E-state index in [1.807, 2.05) is 30.3 Å². The first-order valence-corrected chi connectivity index (χ1v) is 8.51. The summed E-state index contributed by atoms with van der Waals surface area (Å²) < 4.78 is 4.85. The van der Waals surface area contributed by atoms with E-state index in [0.29, 0.717) is 25.1 Å². The fourth-order valence-electron chi connectivity index (χ4n) is 2.87. The van der Waals surface area contributed by atoms with Crippen LogP contribution in [-0.4, -0.2) is 41.2 Å². The van der Waals surface area contributed by atoms with E-state index in [-0.39, 0.29) is 11.8 Å². The Morgan fingerprint density at radius 1 is 1.27 bits per heavy atom. The molecule has 3 amide bonds. The molecule has 0 spiro atoms. The molecule has 3 rings (SSSR count). The zero-order valence-corrected chi connectivity index (χ0v) is 14.5. The quantitative estimate of drug-likeness (QED) is 0.817. The number of benzene rings is 1. The van der Waals surface area contributed by atoms with Gasteiger partial charge in [-0.2, -0.15) is 0 Å². The summed E-state index contributed by atoms with van der Waals surface area (Å²) in [6.07, 6.45) is 3.25. The highest BCUT2D eigenvalue weighted by atomic mass is 16.3. The molecule has 0 saturated carbocycles. The van der Waals surface area contributed by atoms with Gasteiger partial charge in [-0.1, -0.05) is 30.3 Å². The molecule has 26 heavy (non-hydrogen) atoms. The van der Waals surface area contributed by atoms with Crippen molar-refractivity contribution < 1.29 is 18.8 Å². The van der Waals surface area contributed by atoms with Gasteiger partial charge in [-0.15, -0.1) is 0 Å². The lowest BCUT2D eigenvalue weighted by molar-refractivity contribution is -0.133. The van der Waals surface area contributed by atoms with Gasteiger partial charge in [0.05, 0.1) is 11.8 Å². The van der Waals surface area contributed by atoms with Crippen LogP contribution in [0.4, 0.5) is 0 Å². The molecule has 0 bridgehead atoms. The van der Waals surface area contributed by atoms with E-state index >= 15 is 0 Å². The second kappa shape index (κ2) is 7.86. The summed E-state index contributed by atoms with van der Waals surface area (Å²) in [4.78, 5) is 38.5. The fraction of sp³-hybridized carbons (Fsp3) is 0.316. The highest BCUT2D eigenvalue weighted by Gasteiger charge is 2.33. The van der Waals surface area contributed by atoms with Crippen LogP contribution in [0, 0.1) is 0 Å². The normalized spacial score (nSPS) is 17.8. The van der Waals surface area contributed by atoms with Crippen molar-refractivity contribution in [1.29, 1.82) is 0 Å². The fourth-order valence-corrected chi connectivity index (χ4v) is 2.87. The van der Waals surface area contributed by atoms with Crippen LogP contribution in [0.25, 0.3) is 0 Å². The summed E-state index contributed by atoms with van der Waals surface area (Å²) in [7, 11) is 0. The summed E-state index contributed by atoms with van der Waals surface area (Å²) in [6, 6.07) is 9.92. The minimum absolute atomic E-state index is 0.101. The molecule has 7 heteroatoms. The van der Waals surface area contributed by atoms with Crippen LogP contribution < -0.4 is 10.6 Å². The third kappa shape index (κ3) is 4.11. The minimum atomic E-state index is -0.756. The molecule has 0 radical (unpaired) electrons. The van der Waals surface area contributed by atoms with Gasteiger partial charge in [-0.05, 0) is 25.0 Å². The molecular weight excluding hydrogens is 334 g/mol. The number of carbonyl (C=O) groups excluding carboxylic acids is 3. The van der Waals surface area contributed by atoms with Gasteiger partial charge < -0.3 is 20.0 Å². The topological polar surface area (TPSA) is 91.7 Å². The van der Waals surface area contributed by atoms with Crippen LogP contribution in [-0.2, 0) is 16.1 Å². The molecular formula is C19H21N3O4. The Labute approximate surface area is 151 Å². The Hall–Kier alpha value is -3.09. The van der Waals surface area contributed by atoms with Gasteiger partial charge >= 0.3 is 0 Å². The zero-order chi connectivity index (χ0) is 18.5. The van der Waals surface area contributed by atoms with Crippen LogP contribution >= 0.6 is 0 Å². The van der Waals surface area contributed by atoms with Gasteiger partial charge in [0.15, 0.2) is 0 Å². The van der Waals surface area contributed by atoms with Gasteiger partial charge in [0, 0.05) is 13.1 Å². The van der Waals surface area contributed by atoms with Crippen molar-refractivity contribution in [1.82, 2.24) is 15.5 Å². The van der Waals surface area contributed by atoms with Crippen LogP contribution in [0.5, 0.6) is 0 Å². The van der Waals surface area contributed by atoms with Crippen molar-refractivity contribution >= 4 is 17.7 Å². The SMILES string of the molecule is CC(NC(=O)c1ccoc1)C(=O)NC1CCN(Cc2ccccc2)C1=O. The maximum Gasteiger partial charge on any atom is 0.255 e. The predicted molar refractivity (Wildman–Crippen MR) is 94.0 cm³/mol. The van der Waals surface area contributed by atoms with E-state index in [1.165, 1.54) is 18.6 Å². The number of rotatable bonds is 6. The lowest BCUT2D eigenvalue weighted by atomic mass is 10.2. The van der Waals surface area contributed by atoms with Crippen molar-refractivity contribution in [2.45, 2.75) is 32.0 Å². The average molecular weight is 355 g/mol. The van der Waals surface area contributed by atoms with Crippen molar-refractivity contribution in [3.05, 3.63) is 60.1 Å². The second-order valence-electron chi connectivity index (χ2n) is 6.30. The first-order chi connectivity index (χ1) is 12.5. The largest absolute Gasteiger partial charge is 0.472 e. The Morgan fingerprint density at radius 2 is 2.04 bits per heavy atom. The molecule has 1 saturated heterocycles. The van der Waals surface area contributed by atoms with Crippen molar-refractivity contribution in [3.63, 3.8) is 0 Å². The Bertz CT molecular complexity index is 773. The first kappa shape index (κ1) is 17.7. The number of furan rings is 1. The lowest BCUT2D eigenvalue weighted by Gasteiger charge is -2.19. The summed E-state index contributed by atoms with van der Waals surface area (Å²) in [6.45, 7) is 2.70. The molecule has 1 aromatic heterocycles. The maximum absolute atomic E-state index is 12.5. The maximum atomic E-state index is 12.5. The summed E-state index contributed by atoms with van der Waals surface area (Å²) in [5.41, 5.74) is 1.39. The molecule has 2 heterocycles. The Balaban J connectivity index is 1.51. The second-order valence-corrected chi connectivity index (χ2v) is 6.30. The molecule has 2 unspecified atom stereocenters. The summed E-state index contributed by atoms with van der Waals surface area (Å²) in [5, 5.41) is 5.31. The molecule has 1 aliphatic rings. The van der Waals surface area contributed by atoms with Gasteiger partial charge in [0.25, 0.3) is 5.91 Å². The van der Waals surface area contributed by atoms with E-state index in [4.69, 9.17) is 4.42 Å². The third-order valence-electron chi connectivity index (χ3n) is 4.35. The lowest BCUT2D eigenvalue weighted by Crippen LogP contribution is -2.50. The van der Waals surface area contributed by atoms with E-state index < -0.39 is 18.0 Å². The molecule has 2 atom stereocenters. The van der Waals surface area contributed by atoms with Gasteiger partial charge in [-0.3, -0.25) is 14.4 Å². The number of carbonyl (C=O) groups is 3. The molecule has 136 valence electrons. The third-order valence-corrected chi connectivity index (χ3v) is 4.35. The van der Waals surface area contributed by atoms with Crippen LogP contribution in [0.15, 0.2) is 53.3 Å². The number of amides is 3. The molecule has 2 N–H and O–H groups in total.